The van der Waals surface area contributed by atoms with E-state index in [1.54, 1.807) is 0 Å². The smallest absolute Gasteiger partial charge is 0.0546 e. The Morgan fingerprint density at radius 2 is 1.78 bits per heavy atom. The van der Waals surface area contributed by atoms with Crippen LogP contribution in [0.15, 0.2) is 48.8 Å². The van der Waals surface area contributed by atoms with Crippen LogP contribution >= 0.6 is 0 Å². The van der Waals surface area contributed by atoms with E-state index in [0.29, 0.717) is 0 Å². The zero-order valence-corrected chi connectivity index (χ0v) is 10.5. The molecule has 2 heterocycles. The summed E-state index contributed by atoms with van der Waals surface area (Å²) in [6.07, 6.45) is 4.42. The highest BCUT2D eigenvalue weighted by Crippen LogP contribution is 2.16. The Labute approximate surface area is 108 Å². The zero-order valence-electron chi connectivity index (χ0n) is 10.5. The fourth-order valence-corrected chi connectivity index (χ4v) is 2.43. The Bertz CT molecular complexity index is 483. The standard InChI is InChI=1S/C15H19N3/c1-2-4-14(5-3-1)12-17-9-6-15(13-17)18-10-7-16-8-11-18/h1-6,9,13,16H,7-8,10-12H2. The second-order valence-electron chi connectivity index (χ2n) is 4.76. The molecule has 1 aromatic heterocycles. The molecule has 0 spiro atoms. The van der Waals surface area contributed by atoms with Crippen LogP contribution in [0.25, 0.3) is 0 Å². The monoisotopic (exact) mass is 241 g/mol. The number of nitrogens with zero attached hydrogens (tertiary/aromatic N) is 2. The molecule has 0 radical (unpaired) electrons. The summed E-state index contributed by atoms with van der Waals surface area (Å²) in [6.45, 7) is 5.34. The van der Waals surface area contributed by atoms with Gasteiger partial charge < -0.3 is 14.8 Å². The summed E-state index contributed by atoms with van der Waals surface area (Å²) >= 11 is 0. The summed E-state index contributed by atoms with van der Waals surface area (Å²) in [6, 6.07) is 12.8. The Balaban J connectivity index is 1.69. The van der Waals surface area contributed by atoms with Crippen LogP contribution in [0.3, 0.4) is 0 Å². The first-order valence-corrected chi connectivity index (χ1v) is 6.57. The average Bonchev–Trinajstić information content (AvgIpc) is 2.89. The molecule has 18 heavy (non-hydrogen) atoms. The van der Waals surface area contributed by atoms with Crippen LogP contribution in [0, 0.1) is 0 Å². The number of anilines is 1. The van der Waals surface area contributed by atoms with Gasteiger partial charge in [-0.05, 0) is 11.6 Å². The predicted octanol–water partition coefficient (Wildman–Crippen LogP) is 1.95. The van der Waals surface area contributed by atoms with Gasteiger partial charge in [0.1, 0.15) is 0 Å². The Morgan fingerprint density at radius 3 is 2.56 bits per heavy atom. The minimum atomic E-state index is 0.951. The largest absolute Gasteiger partial charge is 0.368 e. The first-order chi connectivity index (χ1) is 8.92. The number of piperazine rings is 1. The highest BCUT2D eigenvalue weighted by molar-refractivity contribution is 5.45. The highest BCUT2D eigenvalue weighted by atomic mass is 15.2. The fraction of sp³-hybridized carbons (Fsp3) is 0.333. The van der Waals surface area contributed by atoms with E-state index in [9.17, 15) is 0 Å². The second kappa shape index (κ2) is 5.27. The van der Waals surface area contributed by atoms with Crippen LogP contribution in [0.1, 0.15) is 5.56 Å². The topological polar surface area (TPSA) is 20.2 Å². The molecule has 1 aliphatic heterocycles. The lowest BCUT2D eigenvalue weighted by Crippen LogP contribution is -2.43. The zero-order chi connectivity index (χ0) is 12.2. The first kappa shape index (κ1) is 11.4. The van der Waals surface area contributed by atoms with Crippen molar-refractivity contribution in [1.29, 1.82) is 0 Å². The minimum Gasteiger partial charge on any atom is -0.368 e. The molecule has 0 saturated carbocycles. The molecular weight excluding hydrogens is 222 g/mol. The van der Waals surface area contributed by atoms with Gasteiger partial charge in [0.05, 0.1) is 5.69 Å². The third-order valence-corrected chi connectivity index (χ3v) is 3.42. The van der Waals surface area contributed by atoms with Crippen LogP contribution < -0.4 is 10.2 Å². The highest BCUT2D eigenvalue weighted by Gasteiger charge is 2.11. The maximum atomic E-state index is 3.38. The Kier molecular flexibility index (Phi) is 3.33. The molecule has 1 N–H and O–H groups in total. The maximum Gasteiger partial charge on any atom is 0.0546 e. The normalized spacial score (nSPS) is 15.9. The molecule has 94 valence electrons. The SMILES string of the molecule is c1ccc(Cn2ccc(N3CCNCC3)c2)cc1. The number of nitrogens with one attached hydrogen (secondary N) is 1. The van der Waals surface area contributed by atoms with Gasteiger partial charge in [-0.3, -0.25) is 0 Å². The lowest BCUT2D eigenvalue weighted by molar-refractivity contribution is 0.589. The summed E-state index contributed by atoms with van der Waals surface area (Å²) in [5.41, 5.74) is 2.69. The lowest BCUT2D eigenvalue weighted by atomic mass is 10.2. The van der Waals surface area contributed by atoms with Crippen molar-refractivity contribution in [2.75, 3.05) is 31.1 Å². The summed E-state index contributed by atoms with van der Waals surface area (Å²) in [5.74, 6) is 0. The number of hydrogen-bond acceptors (Lipinski definition) is 2. The second-order valence-corrected chi connectivity index (χ2v) is 4.76. The van der Waals surface area contributed by atoms with Crippen molar-refractivity contribution in [3.05, 3.63) is 54.4 Å². The van der Waals surface area contributed by atoms with Crippen molar-refractivity contribution < 1.29 is 0 Å². The van der Waals surface area contributed by atoms with Gasteiger partial charge in [0, 0.05) is 45.1 Å². The van der Waals surface area contributed by atoms with E-state index >= 15 is 0 Å². The van der Waals surface area contributed by atoms with Crippen LogP contribution in [-0.2, 0) is 6.54 Å². The van der Waals surface area contributed by atoms with E-state index in [-0.39, 0.29) is 0 Å². The number of aromatic nitrogens is 1. The summed E-state index contributed by atoms with van der Waals surface area (Å²) in [5, 5.41) is 3.38. The van der Waals surface area contributed by atoms with Crippen molar-refractivity contribution in [3.63, 3.8) is 0 Å². The summed E-state index contributed by atoms with van der Waals surface area (Å²) in [7, 11) is 0. The fourth-order valence-electron chi connectivity index (χ4n) is 2.43. The third kappa shape index (κ3) is 2.57. The van der Waals surface area contributed by atoms with E-state index in [0.717, 1.165) is 32.7 Å². The molecule has 0 aliphatic carbocycles. The van der Waals surface area contributed by atoms with Crippen LogP contribution in [-0.4, -0.2) is 30.7 Å². The number of benzene rings is 1. The summed E-state index contributed by atoms with van der Waals surface area (Å²) in [4.78, 5) is 2.44. The molecular formula is C15H19N3. The molecule has 0 amide bonds. The van der Waals surface area contributed by atoms with Gasteiger partial charge in [-0.15, -0.1) is 0 Å². The van der Waals surface area contributed by atoms with Crippen LogP contribution in [0.4, 0.5) is 5.69 Å². The molecule has 1 saturated heterocycles. The average molecular weight is 241 g/mol. The van der Waals surface area contributed by atoms with Gasteiger partial charge in [-0.1, -0.05) is 30.3 Å². The molecule has 3 nitrogen and oxygen atoms in total. The molecule has 1 aliphatic rings. The summed E-state index contributed by atoms with van der Waals surface area (Å²) < 4.78 is 2.26. The quantitative estimate of drug-likeness (QED) is 0.886. The Morgan fingerprint density at radius 1 is 1.00 bits per heavy atom. The van der Waals surface area contributed by atoms with Crippen molar-refractivity contribution >= 4 is 5.69 Å². The van der Waals surface area contributed by atoms with Crippen molar-refractivity contribution in [2.45, 2.75) is 6.54 Å². The van der Waals surface area contributed by atoms with Gasteiger partial charge in [-0.2, -0.15) is 0 Å². The van der Waals surface area contributed by atoms with Crippen molar-refractivity contribution in [2.24, 2.45) is 0 Å². The van der Waals surface area contributed by atoms with E-state index < -0.39 is 0 Å². The molecule has 3 heteroatoms. The van der Waals surface area contributed by atoms with Crippen LogP contribution in [0.2, 0.25) is 0 Å². The molecule has 3 rings (SSSR count). The molecule has 0 atom stereocenters. The van der Waals surface area contributed by atoms with Gasteiger partial charge >= 0.3 is 0 Å². The van der Waals surface area contributed by atoms with Crippen molar-refractivity contribution in [3.8, 4) is 0 Å². The first-order valence-electron chi connectivity index (χ1n) is 6.57. The predicted molar refractivity (Wildman–Crippen MR) is 75.1 cm³/mol. The number of rotatable bonds is 3. The minimum absolute atomic E-state index is 0.951. The van der Waals surface area contributed by atoms with Crippen molar-refractivity contribution in [1.82, 2.24) is 9.88 Å². The molecule has 2 aromatic rings. The lowest BCUT2D eigenvalue weighted by Gasteiger charge is -2.28. The van der Waals surface area contributed by atoms with Gasteiger partial charge in [0.2, 0.25) is 0 Å². The van der Waals surface area contributed by atoms with E-state index in [1.807, 2.05) is 0 Å². The molecule has 0 bridgehead atoms. The Hall–Kier alpha value is -1.74. The molecule has 1 aromatic carbocycles. The van der Waals surface area contributed by atoms with E-state index in [4.69, 9.17) is 0 Å². The molecule has 1 fully saturated rings. The maximum absolute atomic E-state index is 3.38. The third-order valence-electron chi connectivity index (χ3n) is 3.42. The van der Waals surface area contributed by atoms with Crippen LogP contribution in [0.5, 0.6) is 0 Å². The van der Waals surface area contributed by atoms with E-state index in [1.165, 1.54) is 11.3 Å². The van der Waals surface area contributed by atoms with Gasteiger partial charge in [0.25, 0.3) is 0 Å². The number of hydrogen-bond donors (Lipinski definition) is 1. The van der Waals surface area contributed by atoms with Gasteiger partial charge in [0.15, 0.2) is 0 Å². The molecule has 0 unspecified atom stereocenters. The van der Waals surface area contributed by atoms with E-state index in [2.05, 4.69) is 63.6 Å². The van der Waals surface area contributed by atoms with Gasteiger partial charge in [-0.25, -0.2) is 0 Å².